The lowest BCUT2D eigenvalue weighted by Crippen LogP contribution is -2.25. The van der Waals surface area contributed by atoms with Crippen LogP contribution in [-0.4, -0.2) is 9.13 Å². The van der Waals surface area contributed by atoms with Crippen LogP contribution in [0.2, 0.25) is 0 Å². The van der Waals surface area contributed by atoms with Crippen LogP contribution in [0, 0.1) is 39.0 Å². The van der Waals surface area contributed by atoms with E-state index in [0.717, 1.165) is 22.5 Å². The molecule has 0 bridgehead atoms. The van der Waals surface area contributed by atoms with Gasteiger partial charge < -0.3 is 14.9 Å². The van der Waals surface area contributed by atoms with Gasteiger partial charge in [0.2, 0.25) is 0 Å². The van der Waals surface area contributed by atoms with Gasteiger partial charge in [0.05, 0.1) is 0 Å². The van der Waals surface area contributed by atoms with E-state index in [0.29, 0.717) is 12.1 Å². The Morgan fingerprint density at radius 1 is 0.958 bits per heavy atom. The monoisotopic (exact) mass is 328 g/mol. The van der Waals surface area contributed by atoms with Crippen LogP contribution in [0.1, 0.15) is 33.6 Å². The number of pyridine rings is 2. The van der Waals surface area contributed by atoms with Crippen LogP contribution in [-0.2, 0) is 20.6 Å². The zero-order chi connectivity index (χ0) is 18.6. The van der Waals surface area contributed by atoms with Gasteiger partial charge in [0, 0.05) is 37.6 Å². The Morgan fingerprint density at radius 3 is 1.88 bits per heavy atom. The Labute approximate surface area is 141 Å². The maximum Gasteiger partial charge on any atom is 0.268 e. The first kappa shape index (κ1) is 19.4. The van der Waals surface area contributed by atoms with E-state index in [1.54, 1.807) is 25.6 Å². The van der Waals surface area contributed by atoms with Gasteiger partial charge in [0.1, 0.15) is 11.6 Å². The molecule has 0 aromatic carbocycles. The number of aryl methyl sites for hydroxylation is 4. The van der Waals surface area contributed by atoms with Crippen LogP contribution < -0.4 is 16.9 Å². The van der Waals surface area contributed by atoms with Gasteiger partial charge in [-0.15, -0.1) is 0 Å². The summed E-state index contributed by atoms with van der Waals surface area (Å²) in [6.07, 6.45) is 0. The minimum atomic E-state index is -0.213. The minimum Gasteiger partial charge on any atom is -0.326 e. The third kappa shape index (κ3) is 3.81. The predicted molar refractivity (Wildman–Crippen MR) is 94.9 cm³/mol. The molecule has 0 spiro atoms. The fourth-order valence-corrected chi connectivity index (χ4v) is 2.39. The SMILES string of the molecule is Cc1cc(C)n(C)c(=O)c1C#N.Cc1cc(C)n(C)c(=O)c1CN. The molecular weight excluding hydrogens is 304 g/mol. The lowest BCUT2D eigenvalue weighted by atomic mass is 10.1. The third-order valence-corrected chi connectivity index (χ3v) is 4.18. The number of nitrogens with zero attached hydrogens (tertiary/aromatic N) is 3. The second-order valence-corrected chi connectivity index (χ2v) is 5.84. The minimum absolute atomic E-state index is 0.0231. The molecule has 128 valence electrons. The van der Waals surface area contributed by atoms with Crippen molar-refractivity contribution in [3.8, 4) is 6.07 Å². The summed E-state index contributed by atoms with van der Waals surface area (Å²) in [4.78, 5) is 22.9. The number of hydrogen-bond acceptors (Lipinski definition) is 4. The predicted octanol–water partition coefficient (Wildman–Crippen LogP) is 1.33. The van der Waals surface area contributed by atoms with Gasteiger partial charge in [-0.2, -0.15) is 5.26 Å². The average Bonchev–Trinajstić information content (AvgIpc) is 2.52. The standard InChI is InChI=1S/C9H14N2O.C9H10N2O/c2*1-6-4-7(2)11(3)9(12)8(6)5-10/h4H,5,10H2,1-3H3;4H,1-3H3. The summed E-state index contributed by atoms with van der Waals surface area (Å²) in [6.45, 7) is 7.76. The van der Waals surface area contributed by atoms with Crippen molar-refractivity contribution >= 4 is 0 Å². The van der Waals surface area contributed by atoms with E-state index < -0.39 is 0 Å². The van der Waals surface area contributed by atoms with Gasteiger partial charge in [-0.1, -0.05) is 0 Å². The van der Waals surface area contributed by atoms with Crippen molar-refractivity contribution in [2.24, 2.45) is 19.8 Å². The van der Waals surface area contributed by atoms with Crippen LogP contribution in [0.3, 0.4) is 0 Å². The molecule has 0 saturated heterocycles. The maximum atomic E-state index is 11.5. The lowest BCUT2D eigenvalue weighted by molar-refractivity contribution is 0.788. The molecule has 0 fully saturated rings. The average molecular weight is 328 g/mol. The molecule has 2 rings (SSSR count). The van der Waals surface area contributed by atoms with E-state index in [4.69, 9.17) is 11.0 Å². The Kier molecular flexibility index (Phi) is 6.27. The molecular formula is C18H24N4O2. The maximum absolute atomic E-state index is 11.5. The highest BCUT2D eigenvalue weighted by Gasteiger charge is 2.06. The summed E-state index contributed by atoms with van der Waals surface area (Å²) in [6, 6.07) is 5.71. The first-order valence-electron chi connectivity index (χ1n) is 7.59. The summed E-state index contributed by atoms with van der Waals surface area (Å²) >= 11 is 0. The number of nitrogens with two attached hydrogens (primary N) is 1. The quantitative estimate of drug-likeness (QED) is 0.854. The summed E-state index contributed by atoms with van der Waals surface area (Å²) in [5.74, 6) is 0. The molecule has 0 aliphatic heterocycles. The van der Waals surface area contributed by atoms with Crippen molar-refractivity contribution < 1.29 is 0 Å². The van der Waals surface area contributed by atoms with Crippen molar-refractivity contribution in [1.29, 1.82) is 5.26 Å². The van der Waals surface area contributed by atoms with Crippen molar-refractivity contribution in [2.45, 2.75) is 34.2 Å². The molecule has 0 aliphatic carbocycles. The first-order chi connectivity index (χ1) is 11.1. The molecule has 0 aliphatic rings. The molecule has 0 saturated carbocycles. The van der Waals surface area contributed by atoms with Crippen LogP contribution >= 0.6 is 0 Å². The van der Waals surface area contributed by atoms with Crippen molar-refractivity contribution in [1.82, 2.24) is 9.13 Å². The summed E-state index contributed by atoms with van der Waals surface area (Å²) in [7, 11) is 3.42. The lowest BCUT2D eigenvalue weighted by Gasteiger charge is -2.08. The van der Waals surface area contributed by atoms with Gasteiger partial charge >= 0.3 is 0 Å². The fourth-order valence-electron chi connectivity index (χ4n) is 2.39. The summed E-state index contributed by atoms with van der Waals surface area (Å²) in [5.41, 5.74) is 9.79. The van der Waals surface area contributed by atoms with E-state index in [1.807, 2.05) is 39.0 Å². The molecule has 6 nitrogen and oxygen atoms in total. The normalized spacial score (nSPS) is 9.92. The molecule has 2 heterocycles. The van der Waals surface area contributed by atoms with Crippen LogP contribution in [0.4, 0.5) is 0 Å². The van der Waals surface area contributed by atoms with Gasteiger partial charge in [0.15, 0.2) is 0 Å². The molecule has 0 unspecified atom stereocenters. The van der Waals surface area contributed by atoms with Gasteiger partial charge in [-0.05, 0) is 51.0 Å². The number of nitriles is 1. The molecule has 0 amide bonds. The van der Waals surface area contributed by atoms with E-state index in [1.165, 1.54) is 4.57 Å². The van der Waals surface area contributed by atoms with Crippen LogP contribution in [0.5, 0.6) is 0 Å². The second kappa shape index (κ2) is 7.75. The fraction of sp³-hybridized carbons (Fsp3) is 0.389. The zero-order valence-electron chi connectivity index (χ0n) is 15.1. The second-order valence-electron chi connectivity index (χ2n) is 5.84. The highest BCUT2D eigenvalue weighted by molar-refractivity contribution is 5.35. The molecule has 2 aromatic rings. The van der Waals surface area contributed by atoms with Crippen LogP contribution in [0.15, 0.2) is 21.7 Å². The van der Waals surface area contributed by atoms with Gasteiger partial charge in [-0.25, -0.2) is 0 Å². The largest absolute Gasteiger partial charge is 0.326 e. The number of aromatic nitrogens is 2. The topological polar surface area (TPSA) is 93.8 Å². The smallest absolute Gasteiger partial charge is 0.268 e. The Bertz CT molecular complexity index is 915. The number of hydrogen-bond donors (Lipinski definition) is 1. The number of rotatable bonds is 1. The van der Waals surface area contributed by atoms with E-state index >= 15 is 0 Å². The van der Waals surface area contributed by atoms with Crippen LogP contribution in [0.25, 0.3) is 0 Å². The molecule has 2 N–H and O–H groups in total. The molecule has 2 aromatic heterocycles. The highest BCUT2D eigenvalue weighted by Crippen LogP contribution is 2.04. The van der Waals surface area contributed by atoms with Crippen molar-refractivity contribution in [2.75, 3.05) is 0 Å². The van der Waals surface area contributed by atoms with E-state index in [9.17, 15) is 9.59 Å². The van der Waals surface area contributed by atoms with Gasteiger partial charge in [-0.3, -0.25) is 9.59 Å². The van der Waals surface area contributed by atoms with Crippen molar-refractivity contribution in [3.05, 3.63) is 66.5 Å². The Morgan fingerprint density at radius 2 is 1.42 bits per heavy atom. The van der Waals surface area contributed by atoms with E-state index in [2.05, 4.69) is 0 Å². The molecule has 0 radical (unpaired) electrons. The Hall–Kier alpha value is -2.65. The third-order valence-electron chi connectivity index (χ3n) is 4.18. The summed E-state index contributed by atoms with van der Waals surface area (Å²) in [5, 5.41) is 8.65. The first-order valence-corrected chi connectivity index (χ1v) is 7.59. The molecule has 6 heteroatoms. The zero-order valence-corrected chi connectivity index (χ0v) is 15.1. The highest BCUT2D eigenvalue weighted by atomic mass is 16.1. The van der Waals surface area contributed by atoms with Gasteiger partial charge in [0.25, 0.3) is 11.1 Å². The Balaban J connectivity index is 0.000000240. The van der Waals surface area contributed by atoms with Crippen molar-refractivity contribution in [3.63, 3.8) is 0 Å². The molecule has 24 heavy (non-hydrogen) atoms. The van der Waals surface area contributed by atoms with E-state index in [-0.39, 0.29) is 16.7 Å². The molecule has 0 atom stereocenters. The summed E-state index contributed by atoms with van der Waals surface area (Å²) < 4.78 is 3.10.